The van der Waals surface area contributed by atoms with Gasteiger partial charge in [0.05, 0.1) is 13.7 Å². The molecule has 4 aliphatic carbocycles. The molecular formula is C44H65ClN2O3. The van der Waals surface area contributed by atoms with Crippen molar-refractivity contribution in [3.63, 3.8) is 0 Å². The molecule has 5 nitrogen and oxygen atoms in total. The molecule has 2 aromatic rings. The Labute approximate surface area is 309 Å². The van der Waals surface area contributed by atoms with E-state index in [2.05, 4.69) is 68.2 Å². The maximum absolute atomic E-state index is 13.6. The number of rotatable bonds is 10. The molecule has 1 aromatic carbocycles. The summed E-state index contributed by atoms with van der Waals surface area (Å²) in [6.07, 6.45) is 23.6. The first-order valence-corrected chi connectivity index (χ1v) is 20.3. The van der Waals surface area contributed by atoms with Crippen molar-refractivity contribution in [2.75, 3.05) is 7.11 Å². The second kappa shape index (κ2) is 15.4. The Morgan fingerprint density at radius 1 is 0.980 bits per heavy atom. The number of methoxy groups -OCH3 is 1. The molecule has 1 aromatic heterocycles. The third kappa shape index (κ3) is 7.07. The van der Waals surface area contributed by atoms with E-state index in [1.165, 1.54) is 75.7 Å². The van der Waals surface area contributed by atoms with Crippen LogP contribution in [0.4, 0.5) is 0 Å². The van der Waals surface area contributed by atoms with Crippen LogP contribution in [0.1, 0.15) is 130 Å². The van der Waals surface area contributed by atoms with Gasteiger partial charge in [0.25, 0.3) is 5.82 Å². The molecule has 3 saturated carbocycles. The maximum Gasteiger partial charge on any atom is 0.348 e. The lowest BCUT2D eigenvalue weighted by Crippen LogP contribution is -3.00. The van der Waals surface area contributed by atoms with E-state index in [1.54, 1.807) is 12.7 Å². The smallest absolute Gasteiger partial charge is 0.348 e. The van der Waals surface area contributed by atoms with Crippen molar-refractivity contribution >= 4 is 5.97 Å². The largest absolute Gasteiger partial charge is 1.00 e. The molecule has 0 bridgehead atoms. The number of imidazole rings is 1. The SMILES string of the molecule is COc1ccc(-c2c[n+](CC(=O)OC3CCC4(C)C(=CCC5C4CCC4(C)C(C(C)CCCC(C)C)CCC54)C3)c3n2CCCCC3)cc1.[Cl-]. The Hall–Kier alpha value is -2.27. The van der Waals surface area contributed by atoms with Crippen LogP contribution in [0.15, 0.2) is 42.1 Å². The summed E-state index contributed by atoms with van der Waals surface area (Å²) in [5, 5.41) is 0. The lowest BCUT2D eigenvalue weighted by atomic mass is 9.47. The zero-order valence-corrected chi connectivity index (χ0v) is 32.8. The molecule has 1 aliphatic heterocycles. The van der Waals surface area contributed by atoms with Gasteiger partial charge in [0.2, 0.25) is 0 Å². The number of aromatic nitrogens is 2. The molecule has 7 rings (SSSR count). The summed E-state index contributed by atoms with van der Waals surface area (Å²) in [6.45, 7) is 13.9. The van der Waals surface area contributed by atoms with E-state index in [0.717, 1.165) is 85.5 Å². The van der Waals surface area contributed by atoms with Crippen molar-refractivity contribution in [2.45, 2.75) is 150 Å². The summed E-state index contributed by atoms with van der Waals surface area (Å²) < 4.78 is 16.4. The van der Waals surface area contributed by atoms with E-state index >= 15 is 0 Å². The Kier molecular flexibility index (Phi) is 11.5. The second-order valence-electron chi connectivity index (χ2n) is 17.9. The van der Waals surface area contributed by atoms with Crippen LogP contribution in [0.25, 0.3) is 11.3 Å². The number of halogens is 1. The van der Waals surface area contributed by atoms with Gasteiger partial charge in [0.1, 0.15) is 18.1 Å². The van der Waals surface area contributed by atoms with E-state index in [4.69, 9.17) is 9.47 Å². The molecular weight excluding hydrogens is 640 g/mol. The number of allylic oxidation sites excluding steroid dienone is 1. The normalized spacial score (nSPS) is 32.4. The number of hydrogen-bond donors (Lipinski definition) is 0. The van der Waals surface area contributed by atoms with Gasteiger partial charge in [-0.05, 0) is 135 Å². The van der Waals surface area contributed by atoms with Crippen LogP contribution in [-0.4, -0.2) is 23.8 Å². The van der Waals surface area contributed by atoms with Gasteiger partial charge < -0.3 is 21.9 Å². The molecule has 8 atom stereocenters. The summed E-state index contributed by atoms with van der Waals surface area (Å²) >= 11 is 0. The molecule has 50 heavy (non-hydrogen) atoms. The van der Waals surface area contributed by atoms with E-state index in [1.807, 2.05) is 12.1 Å². The van der Waals surface area contributed by atoms with Crippen LogP contribution in [0.2, 0.25) is 0 Å². The monoisotopic (exact) mass is 704 g/mol. The van der Waals surface area contributed by atoms with E-state index < -0.39 is 0 Å². The number of ether oxygens (including phenoxy) is 2. The van der Waals surface area contributed by atoms with Gasteiger partial charge >= 0.3 is 5.97 Å². The average Bonchev–Trinajstić information content (AvgIpc) is 3.50. The Balaban J connectivity index is 0.00000432. The van der Waals surface area contributed by atoms with Crippen molar-refractivity contribution in [1.29, 1.82) is 0 Å². The molecule has 276 valence electrons. The van der Waals surface area contributed by atoms with Gasteiger partial charge in [-0.15, -0.1) is 0 Å². The standard InChI is InChI=1S/C44H65N2O3.ClH/c1-30(2)11-10-12-31(3)37-20-21-38-36-19-16-33-27-35(22-24-43(33,4)39(36)23-25-44(37,38)5)49-42(47)29-45-28-40(32-14-17-34(48-6)18-15-32)46-26-9-7-8-13-41(45)46;/h14-18,28,30-31,35-39H,7-13,19-27,29H2,1-6H3;1H/q+1;/p-1. The van der Waals surface area contributed by atoms with Crippen molar-refractivity contribution in [3.05, 3.63) is 47.9 Å². The topological polar surface area (TPSA) is 44.3 Å². The first kappa shape index (κ1) is 37.5. The fourth-order valence-electron chi connectivity index (χ4n) is 12.1. The molecule has 0 saturated heterocycles. The van der Waals surface area contributed by atoms with Crippen LogP contribution >= 0.6 is 0 Å². The minimum absolute atomic E-state index is 0. The number of fused-ring (bicyclic) bond motifs is 6. The quantitative estimate of drug-likeness (QED) is 0.150. The summed E-state index contributed by atoms with van der Waals surface area (Å²) in [7, 11) is 1.71. The molecule has 6 heteroatoms. The van der Waals surface area contributed by atoms with Crippen LogP contribution < -0.4 is 21.7 Å². The number of carbonyl (C=O) groups excluding carboxylic acids is 1. The van der Waals surface area contributed by atoms with Gasteiger partial charge in [-0.1, -0.05) is 65.5 Å². The van der Waals surface area contributed by atoms with Crippen molar-refractivity contribution in [3.8, 4) is 17.0 Å². The third-order valence-electron chi connectivity index (χ3n) is 14.7. The average molecular weight is 705 g/mol. The highest BCUT2D eigenvalue weighted by Crippen LogP contribution is 2.67. The maximum atomic E-state index is 13.6. The molecule has 3 fully saturated rings. The van der Waals surface area contributed by atoms with E-state index in [-0.39, 0.29) is 29.9 Å². The summed E-state index contributed by atoms with van der Waals surface area (Å²) in [5.74, 6) is 7.12. The Morgan fingerprint density at radius 3 is 2.54 bits per heavy atom. The minimum Gasteiger partial charge on any atom is -1.00 e. The lowest BCUT2D eigenvalue weighted by Gasteiger charge is -2.58. The van der Waals surface area contributed by atoms with Crippen LogP contribution in [0.3, 0.4) is 0 Å². The van der Waals surface area contributed by atoms with Crippen molar-refractivity contribution in [2.24, 2.45) is 46.3 Å². The molecule has 5 aliphatic rings. The lowest BCUT2D eigenvalue weighted by molar-refractivity contribution is -0.692. The number of benzene rings is 1. The molecule has 2 heterocycles. The Bertz CT molecular complexity index is 1510. The zero-order chi connectivity index (χ0) is 34.3. The van der Waals surface area contributed by atoms with Crippen LogP contribution in [0.5, 0.6) is 5.75 Å². The molecule has 0 amide bonds. The predicted octanol–water partition coefficient (Wildman–Crippen LogP) is 7.13. The number of esters is 1. The summed E-state index contributed by atoms with van der Waals surface area (Å²) in [6, 6.07) is 8.31. The van der Waals surface area contributed by atoms with E-state index in [9.17, 15) is 4.79 Å². The molecule has 0 spiro atoms. The highest BCUT2D eigenvalue weighted by molar-refractivity contribution is 5.68. The Morgan fingerprint density at radius 2 is 1.78 bits per heavy atom. The predicted molar refractivity (Wildman–Crippen MR) is 197 cm³/mol. The summed E-state index contributed by atoms with van der Waals surface area (Å²) in [5.41, 5.74) is 4.74. The summed E-state index contributed by atoms with van der Waals surface area (Å²) in [4.78, 5) is 13.6. The number of hydrogen-bond acceptors (Lipinski definition) is 3. The first-order chi connectivity index (χ1) is 23.6. The molecule has 0 N–H and O–H groups in total. The van der Waals surface area contributed by atoms with Gasteiger partial charge in [-0.25, -0.2) is 13.9 Å². The second-order valence-corrected chi connectivity index (χ2v) is 17.9. The fourth-order valence-corrected chi connectivity index (χ4v) is 12.1. The first-order valence-electron chi connectivity index (χ1n) is 20.3. The van der Waals surface area contributed by atoms with Gasteiger partial charge in [0.15, 0.2) is 12.2 Å². The van der Waals surface area contributed by atoms with Gasteiger partial charge in [-0.3, -0.25) is 0 Å². The third-order valence-corrected chi connectivity index (χ3v) is 14.7. The zero-order valence-electron chi connectivity index (χ0n) is 32.0. The number of nitrogens with zero attached hydrogens (tertiary/aromatic N) is 2. The van der Waals surface area contributed by atoms with Crippen molar-refractivity contribution in [1.82, 2.24) is 4.57 Å². The number of carbonyl (C=O) groups is 1. The highest BCUT2D eigenvalue weighted by atomic mass is 35.5. The van der Waals surface area contributed by atoms with E-state index in [0.29, 0.717) is 12.0 Å². The van der Waals surface area contributed by atoms with Crippen molar-refractivity contribution < 1.29 is 31.2 Å². The van der Waals surface area contributed by atoms with Gasteiger partial charge in [-0.2, -0.15) is 0 Å². The molecule has 8 unspecified atom stereocenters. The van der Waals surface area contributed by atoms with Crippen LogP contribution in [-0.2, 0) is 29.0 Å². The van der Waals surface area contributed by atoms with Crippen LogP contribution in [0, 0.1) is 46.3 Å². The highest BCUT2D eigenvalue weighted by Gasteiger charge is 2.59. The molecule has 0 radical (unpaired) electrons. The fraction of sp³-hybridized carbons (Fsp3) is 0.727. The van der Waals surface area contributed by atoms with Gasteiger partial charge in [0, 0.05) is 18.4 Å². The minimum atomic E-state index is -0.0836.